The summed E-state index contributed by atoms with van der Waals surface area (Å²) in [7, 11) is 1.38. The molecule has 0 bridgehead atoms. The summed E-state index contributed by atoms with van der Waals surface area (Å²) in [6, 6.07) is 5.50. The van der Waals surface area contributed by atoms with Crippen LogP contribution in [0.5, 0.6) is 0 Å². The van der Waals surface area contributed by atoms with Crippen molar-refractivity contribution in [3.63, 3.8) is 0 Å². The van der Waals surface area contributed by atoms with Crippen LogP contribution < -0.4 is 0 Å². The Balaban J connectivity index is 2.27. The molecule has 0 N–H and O–H groups in total. The van der Waals surface area contributed by atoms with E-state index in [9.17, 15) is 4.79 Å². The van der Waals surface area contributed by atoms with E-state index in [1.165, 1.54) is 18.9 Å². The predicted molar refractivity (Wildman–Crippen MR) is 68.3 cm³/mol. The number of thioether (sulfide) groups is 1. The van der Waals surface area contributed by atoms with Crippen LogP contribution in [0.4, 0.5) is 0 Å². The summed E-state index contributed by atoms with van der Waals surface area (Å²) in [4.78, 5) is 16.8. The fraction of sp³-hybridized carbons (Fsp3) is 0.231. The first-order chi connectivity index (χ1) is 8.72. The molecule has 2 heterocycles. The van der Waals surface area contributed by atoms with Crippen LogP contribution in [0.3, 0.4) is 0 Å². The van der Waals surface area contributed by atoms with E-state index in [1.54, 1.807) is 24.7 Å². The van der Waals surface area contributed by atoms with Crippen molar-refractivity contribution in [1.82, 2.24) is 4.98 Å². The highest BCUT2D eigenvalue weighted by molar-refractivity contribution is 8.00. The van der Waals surface area contributed by atoms with E-state index in [-0.39, 0.29) is 5.97 Å². The molecule has 0 aliphatic heterocycles. The lowest BCUT2D eigenvalue weighted by Crippen LogP contribution is -2.11. The molecular formula is C13H13NO3S. The number of hydrogen-bond donors (Lipinski definition) is 0. The third-order valence-electron chi connectivity index (χ3n) is 2.46. The first-order valence-corrected chi connectivity index (χ1v) is 6.29. The van der Waals surface area contributed by atoms with Gasteiger partial charge in [0.2, 0.25) is 0 Å². The Bertz CT molecular complexity index is 524. The number of aryl methyl sites for hydroxylation is 1. The second-order valence-electron chi connectivity index (χ2n) is 3.65. The summed E-state index contributed by atoms with van der Waals surface area (Å²) in [6.07, 6.45) is 4.95. The van der Waals surface area contributed by atoms with Gasteiger partial charge in [-0.2, -0.15) is 0 Å². The van der Waals surface area contributed by atoms with Gasteiger partial charge in [0.25, 0.3) is 0 Å². The maximum Gasteiger partial charge on any atom is 0.323 e. The van der Waals surface area contributed by atoms with Crippen LogP contribution >= 0.6 is 11.8 Å². The molecule has 18 heavy (non-hydrogen) atoms. The van der Waals surface area contributed by atoms with Gasteiger partial charge in [0.1, 0.15) is 11.0 Å². The molecule has 0 aliphatic carbocycles. The van der Waals surface area contributed by atoms with Crippen molar-refractivity contribution in [2.24, 2.45) is 0 Å². The molecule has 0 saturated carbocycles. The standard InChI is InChI=1S/C13H13NO3S/c1-9-11(5-7-17-9)18-12(13(15)16-2)10-4-3-6-14-8-10/h3-8,12H,1-2H3/t12-/m1/s1. The molecule has 4 nitrogen and oxygen atoms in total. The van der Waals surface area contributed by atoms with Crippen LogP contribution in [0.1, 0.15) is 16.6 Å². The average molecular weight is 263 g/mol. The summed E-state index contributed by atoms with van der Waals surface area (Å²) < 4.78 is 10.1. The normalized spacial score (nSPS) is 12.1. The van der Waals surface area contributed by atoms with Crippen molar-refractivity contribution < 1.29 is 13.9 Å². The topological polar surface area (TPSA) is 52.3 Å². The number of methoxy groups -OCH3 is 1. The van der Waals surface area contributed by atoms with E-state index in [4.69, 9.17) is 9.15 Å². The molecule has 0 unspecified atom stereocenters. The minimum Gasteiger partial charge on any atom is -0.468 e. The fourth-order valence-electron chi connectivity index (χ4n) is 1.51. The van der Waals surface area contributed by atoms with E-state index in [2.05, 4.69) is 4.98 Å². The number of hydrogen-bond acceptors (Lipinski definition) is 5. The van der Waals surface area contributed by atoms with Gasteiger partial charge >= 0.3 is 5.97 Å². The summed E-state index contributed by atoms with van der Waals surface area (Å²) in [5, 5.41) is -0.431. The third kappa shape index (κ3) is 2.73. The summed E-state index contributed by atoms with van der Waals surface area (Å²) in [6.45, 7) is 1.86. The van der Waals surface area contributed by atoms with Crippen molar-refractivity contribution in [3.05, 3.63) is 48.2 Å². The largest absolute Gasteiger partial charge is 0.468 e. The number of pyridine rings is 1. The molecule has 2 aromatic rings. The monoisotopic (exact) mass is 263 g/mol. The molecule has 0 fully saturated rings. The van der Waals surface area contributed by atoms with Gasteiger partial charge in [-0.15, -0.1) is 11.8 Å². The molecular weight excluding hydrogens is 250 g/mol. The molecule has 0 aliphatic rings. The maximum atomic E-state index is 11.8. The quantitative estimate of drug-likeness (QED) is 0.627. The van der Waals surface area contributed by atoms with Gasteiger partial charge in [-0.05, 0) is 24.6 Å². The van der Waals surface area contributed by atoms with E-state index in [0.717, 1.165) is 16.2 Å². The Morgan fingerprint density at radius 1 is 1.50 bits per heavy atom. The van der Waals surface area contributed by atoms with Gasteiger partial charge < -0.3 is 9.15 Å². The molecule has 1 atom stereocenters. The zero-order valence-corrected chi connectivity index (χ0v) is 10.9. The van der Waals surface area contributed by atoms with Gasteiger partial charge in [0, 0.05) is 17.3 Å². The van der Waals surface area contributed by atoms with E-state index in [1.807, 2.05) is 19.1 Å². The van der Waals surface area contributed by atoms with Gasteiger partial charge in [-0.25, -0.2) is 0 Å². The van der Waals surface area contributed by atoms with Crippen molar-refractivity contribution >= 4 is 17.7 Å². The Hall–Kier alpha value is -1.75. The molecule has 0 spiro atoms. The van der Waals surface area contributed by atoms with Gasteiger partial charge in [0.15, 0.2) is 0 Å². The average Bonchev–Trinajstić information content (AvgIpc) is 2.81. The number of esters is 1. The molecule has 5 heteroatoms. The molecule has 0 saturated heterocycles. The molecule has 0 radical (unpaired) electrons. The summed E-state index contributed by atoms with van der Waals surface area (Å²) in [5.74, 6) is 0.492. The van der Waals surface area contributed by atoms with Crippen molar-refractivity contribution in [1.29, 1.82) is 0 Å². The molecule has 2 rings (SSSR count). The highest BCUT2D eigenvalue weighted by atomic mass is 32.2. The van der Waals surface area contributed by atoms with Crippen LogP contribution in [0, 0.1) is 6.92 Å². The Labute approximate surface area is 109 Å². The highest BCUT2D eigenvalue weighted by Gasteiger charge is 2.24. The predicted octanol–water partition coefficient (Wildman–Crippen LogP) is 2.99. The van der Waals surface area contributed by atoms with Crippen molar-refractivity contribution in [3.8, 4) is 0 Å². The summed E-state index contributed by atoms with van der Waals surface area (Å²) >= 11 is 1.40. The van der Waals surface area contributed by atoms with Crippen LogP contribution in [0.15, 0.2) is 46.2 Å². The lowest BCUT2D eigenvalue weighted by Gasteiger charge is -2.13. The van der Waals surface area contributed by atoms with Gasteiger partial charge in [-0.1, -0.05) is 6.07 Å². The lowest BCUT2D eigenvalue weighted by atomic mass is 10.2. The first-order valence-electron chi connectivity index (χ1n) is 5.41. The number of carbonyl (C=O) groups is 1. The van der Waals surface area contributed by atoms with Crippen LogP contribution in [-0.2, 0) is 9.53 Å². The van der Waals surface area contributed by atoms with Crippen molar-refractivity contribution in [2.75, 3.05) is 7.11 Å². The number of ether oxygens (including phenoxy) is 1. The van der Waals surface area contributed by atoms with Gasteiger partial charge in [-0.3, -0.25) is 9.78 Å². The second kappa shape index (κ2) is 5.73. The van der Waals surface area contributed by atoms with E-state index >= 15 is 0 Å². The Morgan fingerprint density at radius 3 is 2.89 bits per heavy atom. The molecule has 2 aromatic heterocycles. The highest BCUT2D eigenvalue weighted by Crippen LogP contribution is 2.37. The van der Waals surface area contributed by atoms with Crippen LogP contribution in [0.25, 0.3) is 0 Å². The smallest absolute Gasteiger partial charge is 0.323 e. The number of nitrogens with zero attached hydrogens (tertiary/aromatic N) is 1. The number of rotatable bonds is 4. The Morgan fingerprint density at radius 2 is 2.33 bits per heavy atom. The van der Waals surface area contributed by atoms with E-state index < -0.39 is 5.25 Å². The first kappa shape index (κ1) is 12.7. The van der Waals surface area contributed by atoms with Gasteiger partial charge in [0.05, 0.1) is 13.4 Å². The number of aromatic nitrogens is 1. The van der Waals surface area contributed by atoms with Crippen molar-refractivity contribution in [2.45, 2.75) is 17.1 Å². The zero-order chi connectivity index (χ0) is 13.0. The molecule has 0 amide bonds. The minimum absolute atomic E-state index is 0.298. The van der Waals surface area contributed by atoms with Crippen LogP contribution in [0.2, 0.25) is 0 Å². The summed E-state index contributed by atoms with van der Waals surface area (Å²) in [5.41, 5.74) is 0.815. The SMILES string of the molecule is COC(=O)[C@H](Sc1ccoc1C)c1cccnc1. The molecule has 0 aromatic carbocycles. The molecule has 94 valence electrons. The second-order valence-corrected chi connectivity index (χ2v) is 4.80. The Kier molecular flexibility index (Phi) is 4.04. The number of carbonyl (C=O) groups excluding carboxylic acids is 1. The van der Waals surface area contributed by atoms with Crippen LogP contribution in [-0.4, -0.2) is 18.1 Å². The third-order valence-corrected chi connectivity index (χ3v) is 3.84. The lowest BCUT2D eigenvalue weighted by molar-refractivity contribution is -0.140. The maximum absolute atomic E-state index is 11.8. The number of furan rings is 1. The van der Waals surface area contributed by atoms with E-state index in [0.29, 0.717) is 0 Å². The minimum atomic E-state index is -0.431. The fourth-order valence-corrected chi connectivity index (χ4v) is 2.58. The zero-order valence-electron chi connectivity index (χ0n) is 10.1.